The van der Waals surface area contributed by atoms with E-state index < -0.39 is 0 Å². The molecule has 1 rings (SSSR count). The molecule has 0 bridgehead atoms. The Labute approximate surface area is 95.9 Å². The molecule has 0 radical (unpaired) electrons. The van der Waals surface area contributed by atoms with Crippen molar-refractivity contribution in [1.82, 2.24) is 0 Å². The number of rotatable bonds is 2. The number of hydrogen-bond acceptors (Lipinski definition) is 2. The van der Waals surface area contributed by atoms with Gasteiger partial charge in [0, 0.05) is 11.6 Å². The van der Waals surface area contributed by atoms with Crippen LogP contribution in [0.25, 0.3) is 0 Å². The highest BCUT2D eigenvalue weighted by atomic mass is 35.5. The fourth-order valence-electron chi connectivity index (χ4n) is 1.12. The average molecular weight is 223 g/mol. The molecule has 0 saturated carbocycles. The second-order valence-electron chi connectivity index (χ2n) is 4.72. The maximum atomic E-state index is 8.91. The van der Waals surface area contributed by atoms with Gasteiger partial charge >= 0.3 is 0 Å². The van der Waals surface area contributed by atoms with Crippen LogP contribution < -0.4 is 5.32 Å². The van der Waals surface area contributed by atoms with Gasteiger partial charge in [-0.1, -0.05) is 32.4 Å². The summed E-state index contributed by atoms with van der Waals surface area (Å²) in [5.41, 5.74) is 1.61. The van der Waals surface area contributed by atoms with Gasteiger partial charge in [0.25, 0.3) is 0 Å². The van der Waals surface area contributed by atoms with E-state index in [0.717, 1.165) is 12.2 Å². The zero-order chi connectivity index (χ0) is 11.5. The van der Waals surface area contributed by atoms with Crippen molar-refractivity contribution in [3.05, 3.63) is 28.8 Å². The molecule has 0 spiro atoms. The van der Waals surface area contributed by atoms with Crippen molar-refractivity contribution in [3.8, 4) is 6.07 Å². The van der Waals surface area contributed by atoms with Crippen LogP contribution in [0.3, 0.4) is 0 Å². The number of anilines is 1. The average Bonchev–Trinajstić information content (AvgIpc) is 2.14. The van der Waals surface area contributed by atoms with Crippen molar-refractivity contribution >= 4 is 17.3 Å². The molecule has 0 aliphatic rings. The first-order valence-corrected chi connectivity index (χ1v) is 5.24. The molecule has 15 heavy (non-hydrogen) atoms. The van der Waals surface area contributed by atoms with Crippen LogP contribution in [-0.2, 0) is 0 Å². The Morgan fingerprint density at radius 1 is 1.40 bits per heavy atom. The van der Waals surface area contributed by atoms with Crippen LogP contribution in [0.5, 0.6) is 0 Å². The second-order valence-corrected chi connectivity index (χ2v) is 5.15. The Morgan fingerprint density at radius 3 is 2.60 bits per heavy atom. The monoisotopic (exact) mass is 222 g/mol. The lowest BCUT2D eigenvalue weighted by atomic mass is 9.97. The van der Waals surface area contributed by atoms with Gasteiger partial charge in [-0.2, -0.15) is 5.26 Å². The van der Waals surface area contributed by atoms with E-state index in [1.165, 1.54) is 0 Å². The third-order valence-electron chi connectivity index (χ3n) is 1.91. The van der Waals surface area contributed by atoms with Gasteiger partial charge in [-0.05, 0) is 23.6 Å². The summed E-state index contributed by atoms with van der Waals surface area (Å²) in [4.78, 5) is 0. The molecule has 1 aromatic rings. The first kappa shape index (κ1) is 11.9. The normalized spacial score (nSPS) is 10.9. The molecule has 0 unspecified atom stereocenters. The minimum atomic E-state index is 0.176. The molecule has 80 valence electrons. The molecular formula is C12H15ClN2. The predicted octanol–water partition coefficient (Wildman–Crippen LogP) is 3.67. The van der Waals surface area contributed by atoms with Crippen molar-refractivity contribution in [2.24, 2.45) is 5.41 Å². The SMILES string of the molecule is CC(C)(C)CNc1cc(Cl)ccc1C#N. The number of nitriles is 1. The minimum absolute atomic E-state index is 0.176. The highest BCUT2D eigenvalue weighted by Gasteiger charge is 2.11. The summed E-state index contributed by atoms with van der Waals surface area (Å²) in [7, 11) is 0. The van der Waals surface area contributed by atoms with Gasteiger partial charge in [-0.25, -0.2) is 0 Å². The Morgan fingerprint density at radius 2 is 2.07 bits per heavy atom. The fourth-order valence-corrected chi connectivity index (χ4v) is 1.29. The van der Waals surface area contributed by atoms with Crippen molar-refractivity contribution in [2.45, 2.75) is 20.8 Å². The minimum Gasteiger partial charge on any atom is -0.383 e. The molecule has 0 aliphatic heterocycles. The zero-order valence-corrected chi connectivity index (χ0v) is 10.0. The molecule has 3 heteroatoms. The number of nitrogens with one attached hydrogen (secondary N) is 1. The van der Waals surface area contributed by atoms with E-state index >= 15 is 0 Å². The number of benzene rings is 1. The first-order chi connectivity index (χ1) is 6.92. The highest BCUT2D eigenvalue weighted by Crippen LogP contribution is 2.22. The highest BCUT2D eigenvalue weighted by molar-refractivity contribution is 6.30. The third kappa shape index (κ3) is 3.81. The largest absolute Gasteiger partial charge is 0.383 e. The van der Waals surface area contributed by atoms with E-state index in [1.54, 1.807) is 18.2 Å². The van der Waals surface area contributed by atoms with Crippen LogP contribution in [-0.4, -0.2) is 6.54 Å². The van der Waals surface area contributed by atoms with E-state index in [9.17, 15) is 0 Å². The van der Waals surface area contributed by atoms with Crippen LogP contribution in [0.2, 0.25) is 5.02 Å². The van der Waals surface area contributed by atoms with Crippen molar-refractivity contribution in [2.75, 3.05) is 11.9 Å². The third-order valence-corrected chi connectivity index (χ3v) is 2.15. The Balaban J connectivity index is 2.85. The lowest BCUT2D eigenvalue weighted by molar-refractivity contribution is 0.443. The summed E-state index contributed by atoms with van der Waals surface area (Å²) < 4.78 is 0. The van der Waals surface area contributed by atoms with Gasteiger partial charge in [0.05, 0.1) is 11.3 Å². The van der Waals surface area contributed by atoms with E-state index in [1.807, 2.05) is 0 Å². The van der Waals surface area contributed by atoms with Crippen molar-refractivity contribution < 1.29 is 0 Å². The standard InChI is InChI=1S/C12H15ClN2/c1-12(2,3)8-15-11-6-10(13)5-4-9(11)7-14/h4-6,15H,8H2,1-3H3. The second kappa shape index (κ2) is 4.55. The Hall–Kier alpha value is -1.20. The van der Waals surface area contributed by atoms with Gasteiger partial charge in [-0.3, -0.25) is 0 Å². The van der Waals surface area contributed by atoms with Crippen LogP contribution in [0, 0.1) is 16.7 Å². The van der Waals surface area contributed by atoms with Crippen LogP contribution in [0.4, 0.5) is 5.69 Å². The van der Waals surface area contributed by atoms with Crippen molar-refractivity contribution in [3.63, 3.8) is 0 Å². The van der Waals surface area contributed by atoms with E-state index in [2.05, 4.69) is 32.2 Å². The summed E-state index contributed by atoms with van der Waals surface area (Å²) >= 11 is 5.87. The summed E-state index contributed by atoms with van der Waals surface area (Å²) in [5.74, 6) is 0. The lowest BCUT2D eigenvalue weighted by Crippen LogP contribution is -2.19. The summed E-state index contributed by atoms with van der Waals surface area (Å²) in [6.07, 6.45) is 0. The number of hydrogen-bond donors (Lipinski definition) is 1. The molecule has 0 aromatic heterocycles. The van der Waals surface area contributed by atoms with Gasteiger partial charge in [0.15, 0.2) is 0 Å². The van der Waals surface area contributed by atoms with E-state index in [4.69, 9.17) is 16.9 Å². The molecule has 2 nitrogen and oxygen atoms in total. The molecule has 0 aliphatic carbocycles. The van der Waals surface area contributed by atoms with Gasteiger partial charge in [0.2, 0.25) is 0 Å². The molecule has 1 aromatic carbocycles. The van der Waals surface area contributed by atoms with Crippen LogP contribution in [0.1, 0.15) is 26.3 Å². The van der Waals surface area contributed by atoms with Crippen molar-refractivity contribution in [1.29, 1.82) is 5.26 Å². The zero-order valence-electron chi connectivity index (χ0n) is 9.26. The molecular weight excluding hydrogens is 208 g/mol. The topological polar surface area (TPSA) is 35.8 Å². The summed E-state index contributed by atoms with van der Waals surface area (Å²) in [6.45, 7) is 7.21. The molecule has 0 amide bonds. The lowest BCUT2D eigenvalue weighted by Gasteiger charge is -2.20. The molecule has 0 fully saturated rings. The van der Waals surface area contributed by atoms with E-state index in [0.29, 0.717) is 10.6 Å². The number of halogens is 1. The molecule has 0 heterocycles. The smallest absolute Gasteiger partial charge is 0.101 e. The summed E-state index contributed by atoms with van der Waals surface area (Å²) in [5, 5.41) is 12.8. The summed E-state index contributed by atoms with van der Waals surface area (Å²) in [6, 6.07) is 7.38. The predicted molar refractivity (Wildman–Crippen MR) is 64.1 cm³/mol. The maximum Gasteiger partial charge on any atom is 0.101 e. The Bertz CT molecular complexity index is 386. The molecule has 0 atom stereocenters. The fraction of sp³-hybridized carbons (Fsp3) is 0.417. The van der Waals surface area contributed by atoms with Gasteiger partial charge < -0.3 is 5.32 Å². The quantitative estimate of drug-likeness (QED) is 0.829. The van der Waals surface area contributed by atoms with Crippen LogP contribution in [0.15, 0.2) is 18.2 Å². The Kier molecular flexibility index (Phi) is 3.60. The maximum absolute atomic E-state index is 8.91. The number of nitrogens with zero attached hydrogens (tertiary/aromatic N) is 1. The van der Waals surface area contributed by atoms with Crippen LogP contribution >= 0.6 is 11.6 Å². The van der Waals surface area contributed by atoms with Gasteiger partial charge in [-0.15, -0.1) is 0 Å². The molecule has 1 N–H and O–H groups in total. The first-order valence-electron chi connectivity index (χ1n) is 4.86. The van der Waals surface area contributed by atoms with E-state index in [-0.39, 0.29) is 5.41 Å². The van der Waals surface area contributed by atoms with Gasteiger partial charge in [0.1, 0.15) is 6.07 Å². The molecule has 0 saturated heterocycles.